The Morgan fingerprint density at radius 1 is 1.27 bits per heavy atom. The summed E-state index contributed by atoms with van der Waals surface area (Å²) in [6.45, 7) is 3.39. The number of hydrogen-bond acceptors (Lipinski definition) is 4. The van der Waals surface area contributed by atoms with Crippen molar-refractivity contribution >= 4 is 17.0 Å². The third kappa shape index (κ3) is 2.10. The lowest BCUT2D eigenvalue weighted by atomic mass is 10.0. The number of ether oxygens (including phenoxy) is 2. The molecule has 118 valence electrons. The minimum Gasteiger partial charge on any atom is -0.493 e. The fourth-order valence-electron chi connectivity index (χ4n) is 2.72. The van der Waals surface area contributed by atoms with Gasteiger partial charge in [0.15, 0.2) is 11.5 Å². The molecule has 1 aliphatic carbocycles. The minimum atomic E-state index is -1.08. The summed E-state index contributed by atoms with van der Waals surface area (Å²) in [4.78, 5) is 16.4. The maximum Gasteiger partial charge on any atom is 0.329 e. The second-order valence-electron chi connectivity index (χ2n) is 6.14. The average Bonchev–Trinajstić information content (AvgIpc) is 3.25. The van der Waals surface area contributed by atoms with E-state index < -0.39 is 11.5 Å². The van der Waals surface area contributed by atoms with Gasteiger partial charge in [-0.15, -0.1) is 0 Å². The molecule has 6 heteroatoms. The number of benzene rings is 1. The van der Waals surface area contributed by atoms with Gasteiger partial charge in [-0.05, 0) is 26.7 Å². The van der Waals surface area contributed by atoms with Crippen molar-refractivity contribution in [2.75, 3.05) is 14.2 Å². The van der Waals surface area contributed by atoms with E-state index in [1.165, 1.54) is 0 Å². The lowest BCUT2D eigenvalue weighted by Crippen LogP contribution is -2.36. The number of aliphatic carboxylic acids is 1. The highest BCUT2D eigenvalue weighted by molar-refractivity contribution is 5.85. The standard InChI is InChI=1S/C16H20N2O4/c1-16(2,15(19)20)18-11-8-13(22-4)12(21-3)7-10(11)17-14(18)9-5-6-9/h7-9H,5-6H2,1-4H3,(H,19,20). The van der Waals surface area contributed by atoms with Crippen molar-refractivity contribution < 1.29 is 19.4 Å². The SMILES string of the molecule is COc1cc2nc(C3CC3)n(C(C)(C)C(=O)O)c2cc1OC. The zero-order valence-corrected chi connectivity index (χ0v) is 13.2. The van der Waals surface area contributed by atoms with Gasteiger partial charge in [0.1, 0.15) is 11.4 Å². The predicted octanol–water partition coefficient (Wildman–Crippen LogP) is 2.75. The lowest BCUT2D eigenvalue weighted by Gasteiger charge is -2.25. The fourth-order valence-corrected chi connectivity index (χ4v) is 2.72. The number of aromatic nitrogens is 2. The number of fused-ring (bicyclic) bond motifs is 1. The number of carboxylic acids is 1. The summed E-state index contributed by atoms with van der Waals surface area (Å²) < 4.78 is 12.5. The number of carboxylic acid groups (broad SMARTS) is 1. The summed E-state index contributed by atoms with van der Waals surface area (Å²) in [6.07, 6.45) is 2.10. The predicted molar refractivity (Wildman–Crippen MR) is 81.8 cm³/mol. The van der Waals surface area contributed by atoms with Crippen LogP contribution in [-0.4, -0.2) is 34.8 Å². The molecule has 0 bridgehead atoms. The zero-order chi connectivity index (χ0) is 16.1. The van der Waals surface area contributed by atoms with Crippen LogP contribution < -0.4 is 9.47 Å². The third-order valence-corrected chi connectivity index (χ3v) is 4.21. The Kier molecular flexibility index (Phi) is 3.27. The van der Waals surface area contributed by atoms with Crippen molar-refractivity contribution in [1.29, 1.82) is 0 Å². The van der Waals surface area contributed by atoms with Gasteiger partial charge in [-0.25, -0.2) is 9.78 Å². The van der Waals surface area contributed by atoms with Gasteiger partial charge >= 0.3 is 5.97 Å². The summed E-state index contributed by atoms with van der Waals surface area (Å²) >= 11 is 0. The maximum atomic E-state index is 11.7. The number of nitrogens with zero attached hydrogens (tertiary/aromatic N) is 2. The lowest BCUT2D eigenvalue weighted by molar-refractivity contribution is -0.145. The van der Waals surface area contributed by atoms with Crippen LogP contribution in [0, 0.1) is 0 Å². The van der Waals surface area contributed by atoms with Gasteiger partial charge in [0.05, 0.1) is 25.3 Å². The number of methoxy groups -OCH3 is 2. The molecule has 1 heterocycles. The smallest absolute Gasteiger partial charge is 0.329 e. The Bertz CT molecular complexity index is 744. The highest BCUT2D eigenvalue weighted by atomic mass is 16.5. The van der Waals surface area contributed by atoms with Gasteiger partial charge in [-0.3, -0.25) is 0 Å². The van der Waals surface area contributed by atoms with E-state index in [4.69, 9.17) is 9.47 Å². The maximum absolute atomic E-state index is 11.7. The molecule has 6 nitrogen and oxygen atoms in total. The topological polar surface area (TPSA) is 73.6 Å². The van der Waals surface area contributed by atoms with E-state index in [9.17, 15) is 9.90 Å². The highest BCUT2D eigenvalue weighted by Gasteiger charge is 2.38. The summed E-state index contributed by atoms with van der Waals surface area (Å²) in [7, 11) is 3.14. The average molecular weight is 304 g/mol. The number of imidazole rings is 1. The van der Waals surface area contributed by atoms with E-state index in [2.05, 4.69) is 4.98 Å². The van der Waals surface area contributed by atoms with Crippen LogP contribution in [0.5, 0.6) is 11.5 Å². The summed E-state index contributed by atoms with van der Waals surface area (Å²) in [5.74, 6) is 1.44. The molecule has 1 fully saturated rings. The summed E-state index contributed by atoms with van der Waals surface area (Å²) in [6, 6.07) is 3.60. The van der Waals surface area contributed by atoms with Gasteiger partial charge < -0.3 is 19.1 Å². The van der Waals surface area contributed by atoms with Crippen molar-refractivity contribution in [2.45, 2.75) is 38.1 Å². The van der Waals surface area contributed by atoms with Crippen molar-refractivity contribution in [1.82, 2.24) is 9.55 Å². The molecule has 0 radical (unpaired) electrons. The minimum absolute atomic E-state index is 0.336. The molecule has 0 amide bonds. The van der Waals surface area contributed by atoms with Crippen LogP contribution in [0.15, 0.2) is 12.1 Å². The van der Waals surface area contributed by atoms with E-state index in [1.807, 2.05) is 4.57 Å². The van der Waals surface area contributed by atoms with Crippen LogP contribution in [0.2, 0.25) is 0 Å². The molecule has 0 aliphatic heterocycles. The summed E-state index contributed by atoms with van der Waals surface area (Å²) in [5.41, 5.74) is 0.410. The molecule has 1 saturated carbocycles. The second-order valence-corrected chi connectivity index (χ2v) is 6.14. The molecule has 22 heavy (non-hydrogen) atoms. The Balaban J connectivity index is 2.32. The molecule has 1 N–H and O–H groups in total. The molecule has 0 unspecified atom stereocenters. The third-order valence-electron chi connectivity index (χ3n) is 4.21. The highest BCUT2D eigenvalue weighted by Crippen LogP contribution is 2.44. The van der Waals surface area contributed by atoms with E-state index >= 15 is 0 Å². The first-order chi connectivity index (χ1) is 10.4. The Hall–Kier alpha value is -2.24. The largest absolute Gasteiger partial charge is 0.493 e. The van der Waals surface area contributed by atoms with Crippen LogP contribution in [0.3, 0.4) is 0 Å². The molecule has 1 aromatic carbocycles. The van der Waals surface area contributed by atoms with E-state index in [0.29, 0.717) is 17.4 Å². The number of rotatable bonds is 5. The Labute approximate surface area is 128 Å². The van der Waals surface area contributed by atoms with Crippen molar-refractivity contribution in [3.05, 3.63) is 18.0 Å². The van der Waals surface area contributed by atoms with Gasteiger partial charge in [0.2, 0.25) is 0 Å². The van der Waals surface area contributed by atoms with E-state index in [0.717, 1.165) is 29.7 Å². The van der Waals surface area contributed by atoms with E-state index in [1.54, 1.807) is 40.2 Å². The molecule has 2 aromatic rings. The van der Waals surface area contributed by atoms with Crippen LogP contribution in [-0.2, 0) is 10.3 Å². The number of carbonyl (C=O) groups is 1. The van der Waals surface area contributed by atoms with Crippen LogP contribution in [0.25, 0.3) is 11.0 Å². The first-order valence-electron chi connectivity index (χ1n) is 7.28. The molecule has 0 spiro atoms. The molecule has 3 rings (SSSR count). The van der Waals surface area contributed by atoms with Gasteiger partial charge in [-0.1, -0.05) is 0 Å². The van der Waals surface area contributed by atoms with Crippen molar-refractivity contribution in [3.8, 4) is 11.5 Å². The first-order valence-corrected chi connectivity index (χ1v) is 7.28. The van der Waals surface area contributed by atoms with Gasteiger partial charge in [0.25, 0.3) is 0 Å². The monoisotopic (exact) mass is 304 g/mol. The van der Waals surface area contributed by atoms with E-state index in [-0.39, 0.29) is 0 Å². The van der Waals surface area contributed by atoms with Crippen LogP contribution >= 0.6 is 0 Å². The second kappa shape index (κ2) is 4.90. The van der Waals surface area contributed by atoms with Crippen LogP contribution in [0.4, 0.5) is 0 Å². The quantitative estimate of drug-likeness (QED) is 0.919. The zero-order valence-electron chi connectivity index (χ0n) is 13.2. The Morgan fingerprint density at radius 3 is 2.36 bits per heavy atom. The van der Waals surface area contributed by atoms with Crippen molar-refractivity contribution in [2.24, 2.45) is 0 Å². The molecular formula is C16H20N2O4. The van der Waals surface area contributed by atoms with Gasteiger partial charge in [-0.2, -0.15) is 0 Å². The molecule has 0 saturated heterocycles. The molecule has 1 aromatic heterocycles. The summed E-state index contributed by atoms with van der Waals surface area (Å²) in [5, 5.41) is 9.62. The first kappa shape index (κ1) is 14.7. The number of hydrogen-bond donors (Lipinski definition) is 1. The Morgan fingerprint density at radius 2 is 1.86 bits per heavy atom. The van der Waals surface area contributed by atoms with Crippen LogP contribution in [0.1, 0.15) is 38.4 Å². The normalized spacial score (nSPS) is 15.1. The molecule has 1 aliphatic rings. The molecular weight excluding hydrogens is 284 g/mol. The fraction of sp³-hybridized carbons (Fsp3) is 0.500. The van der Waals surface area contributed by atoms with Gasteiger partial charge in [0, 0.05) is 18.1 Å². The van der Waals surface area contributed by atoms with Crippen molar-refractivity contribution in [3.63, 3.8) is 0 Å². The molecule has 0 atom stereocenters.